The first-order chi connectivity index (χ1) is 14.1. The summed E-state index contributed by atoms with van der Waals surface area (Å²) in [6.07, 6.45) is 6.10. The third kappa shape index (κ3) is 3.74. The van der Waals surface area contributed by atoms with Gasteiger partial charge in [0, 0.05) is 31.7 Å². The molecule has 1 aliphatic rings. The fraction of sp³-hybridized carbons (Fsp3) is 0.217. The minimum absolute atomic E-state index is 0.170. The minimum atomic E-state index is -0.798. The SMILES string of the molecule is NC(=O)[C@]1(Cc2ccccc2-c2ccncc2)CCN(C(=O)c2ccccn2)C1. The van der Waals surface area contributed by atoms with Gasteiger partial charge in [-0.1, -0.05) is 30.3 Å². The summed E-state index contributed by atoms with van der Waals surface area (Å²) in [5, 5.41) is 0. The van der Waals surface area contributed by atoms with Crippen molar-refractivity contribution < 1.29 is 9.59 Å². The number of carbonyl (C=O) groups is 2. The molecule has 29 heavy (non-hydrogen) atoms. The molecule has 1 atom stereocenters. The van der Waals surface area contributed by atoms with Crippen molar-refractivity contribution in [2.75, 3.05) is 13.1 Å². The van der Waals surface area contributed by atoms with Gasteiger partial charge in [0.05, 0.1) is 5.41 Å². The summed E-state index contributed by atoms with van der Waals surface area (Å²) in [6, 6.07) is 17.1. The van der Waals surface area contributed by atoms with Gasteiger partial charge in [-0.15, -0.1) is 0 Å². The lowest BCUT2D eigenvalue weighted by molar-refractivity contribution is -0.126. The number of aromatic nitrogens is 2. The maximum absolute atomic E-state index is 12.8. The Labute approximate surface area is 169 Å². The van der Waals surface area contributed by atoms with Gasteiger partial charge in [-0.05, 0) is 53.8 Å². The molecule has 0 unspecified atom stereocenters. The van der Waals surface area contributed by atoms with Gasteiger partial charge in [-0.2, -0.15) is 0 Å². The number of hydrogen-bond acceptors (Lipinski definition) is 4. The van der Waals surface area contributed by atoms with Gasteiger partial charge in [-0.25, -0.2) is 0 Å². The zero-order chi connectivity index (χ0) is 20.3. The number of pyridine rings is 2. The molecule has 1 aromatic carbocycles. The number of nitrogens with two attached hydrogens (primary N) is 1. The first-order valence-electron chi connectivity index (χ1n) is 9.58. The van der Waals surface area contributed by atoms with Crippen molar-refractivity contribution in [1.29, 1.82) is 0 Å². The van der Waals surface area contributed by atoms with Gasteiger partial charge in [0.25, 0.3) is 5.91 Å². The zero-order valence-electron chi connectivity index (χ0n) is 16.0. The van der Waals surface area contributed by atoms with Crippen molar-refractivity contribution in [2.24, 2.45) is 11.1 Å². The molecule has 0 radical (unpaired) electrons. The van der Waals surface area contributed by atoms with Crippen LogP contribution in [0.15, 0.2) is 73.2 Å². The van der Waals surface area contributed by atoms with Crippen LogP contribution < -0.4 is 5.73 Å². The third-order valence-corrected chi connectivity index (χ3v) is 5.59. The number of hydrogen-bond donors (Lipinski definition) is 1. The lowest BCUT2D eigenvalue weighted by atomic mass is 9.78. The Morgan fingerprint density at radius 3 is 2.48 bits per heavy atom. The molecule has 6 nitrogen and oxygen atoms in total. The van der Waals surface area contributed by atoms with Gasteiger partial charge in [-0.3, -0.25) is 19.6 Å². The number of carbonyl (C=O) groups excluding carboxylic acids is 2. The predicted octanol–water partition coefficient (Wildman–Crippen LogP) is 2.70. The lowest BCUT2D eigenvalue weighted by Gasteiger charge is -2.27. The first kappa shape index (κ1) is 18.8. The van der Waals surface area contributed by atoms with E-state index in [4.69, 9.17) is 5.73 Å². The molecule has 146 valence electrons. The second-order valence-electron chi connectivity index (χ2n) is 7.41. The van der Waals surface area contributed by atoms with E-state index in [1.807, 2.05) is 36.4 Å². The van der Waals surface area contributed by atoms with Gasteiger partial charge < -0.3 is 10.6 Å². The molecule has 3 aromatic rings. The van der Waals surface area contributed by atoms with Crippen LogP contribution >= 0.6 is 0 Å². The number of nitrogens with zero attached hydrogens (tertiary/aromatic N) is 3. The second-order valence-corrected chi connectivity index (χ2v) is 7.41. The smallest absolute Gasteiger partial charge is 0.272 e. The molecular weight excluding hydrogens is 364 g/mol. The summed E-state index contributed by atoms with van der Waals surface area (Å²) in [6.45, 7) is 0.776. The summed E-state index contributed by atoms with van der Waals surface area (Å²) in [5.74, 6) is -0.547. The van der Waals surface area contributed by atoms with Crippen molar-refractivity contribution in [3.05, 3.63) is 84.4 Å². The molecule has 1 saturated heterocycles. The van der Waals surface area contributed by atoms with Crippen molar-refractivity contribution in [3.8, 4) is 11.1 Å². The molecular formula is C23H22N4O2. The lowest BCUT2D eigenvalue weighted by Crippen LogP contribution is -2.42. The van der Waals surface area contributed by atoms with Crippen molar-refractivity contribution in [2.45, 2.75) is 12.8 Å². The molecule has 2 N–H and O–H groups in total. The van der Waals surface area contributed by atoms with E-state index in [0.717, 1.165) is 16.7 Å². The molecule has 1 aliphatic heterocycles. The molecule has 0 spiro atoms. The quantitative estimate of drug-likeness (QED) is 0.730. The van der Waals surface area contributed by atoms with E-state index >= 15 is 0 Å². The topological polar surface area (TPSA) is 89.2 Å². The van der Waals surface area contributed by atoms with Crippen LogP contribution in [0.2, 0.25) is 0 Å². The predicted molar refractivity (Wildman–Crippen MR) is 110 cm³/mol. The highest BCUT2D eigenvalue weighted by Crippen LogP contribution is 2.37. The summed E-state index contributed by atoms with van der Waals surface area (Å²) in [5.41, 5.74) is 8.56. The molecule has 2 amide bonds. The second kappa shape index (κ2) is 7.83. The van der Waals surface area contributed by atoms with E-state index in [1.165, 1.54) is 0 Å². The highest BCUT2D eigenvalue weighted by atomic mass is 16.2. The van der Waals surface area contributed by atoms with E-state index in [-0.39, 0.29) is 11.8 Å². The van der Waals surface area contributed by atoms with E-state index in [2.05, 4.69) is 9.97 Å². The van der Waals surface area contributed by atoms with Crippen LogP contribution in [0.5, 0.6) is 0 Å². The number of amides is 2. The van der Waals surface area contributed by atoms with E-state index in [1.54, 1.807) is 41.7 Å². The maximum Gasteiger partial charge on any atom is 0.272 e. The number of benzene rings is 1. The number of likely N-dealkylation sites (tertiary alicyclic amines) is 1. The molecule has 0 bridgehead atoms. The normalized spacial score (nSPS) is 18.6. The monoisotopic (exact) mass is 386 g/mol. The Hall–Kier alpha value is -3.54. The third-order valence-electron chi connectivity index (χ3n) is 5.59. The molecule has 0 aliphatic carbocycles. The van der Waals surface area contributed by atoms with E-state index in [0.29, 0.717) is 31.6 Å². The van der Waals surface area contributed by atoms with Gasteiger partial charge in [0.2, 0.25) is 5.91 Å². The molecule has 1 fully saturated rings. The van der Waals surface area contributed by atoms with Crippen molar-refractivity contribution in [1.82, 2.24) is 14.9 Å². The Kier molecular flexibility index (Phi) is 5.08. The zero-order valence-corrected chi connectivity index (χ0v) is 16.0. The van der Waals surface area contributed by atoms with Gasteiger partial charge >= 0.3 is 0 Å². The highest BCUT2D eigenvalue weighted by Gasteiger charge is 2.45. The fourth-order valence-electron chi connectivity index (χ4n) is 3.98. The Morgan fingerprint density at radius 1 is 1.00 bits per heavy atom. The Balaban J connectivity index is 1.62. The molecule has 0 saturated carbocycles. The van der Waals surface area contributed by atoms with Crippen LogP contribution in [-0.2, 0) is 11.2 Å². The summed E-state index contributed by atoms with van der Waals surface area (Å²) in [4.78, 5) is 35.2. The van der Waals surface area contributed by atoms with Crippen LogP contribution in [0, 0.1) is 5.41 Å². The fourth-order valence-corrected chi connectivity index (χ4v) is 3.98. The average Bonchev–Trinajstić information content (AvgIpc) is 3.20. The molecule has 6 heteroatoms. The van der Waals surface area contributed by atoms with Crippen LogP contribution in [-0.4, -0.2) is 39.8 Å². The minimum Gasteiger partial charge on any atom is -0.369 e. The Bertz CT molecular complexity index is 1020. The molecule has 4 rings (SSSR count). The van der Waals surface area contributed by atoms with E-state index in [9.17, 15) is 9.59 Å². The summed E-state index contributed by atoms with van der Waals surface area (Å²) in [7, 11) is 0. The molecule has 2 aromatic heterocycles. The maximum atomic E-state index is 12.8. The van der Waals surface area contributed by atoms with Gasteiger partial charge in [0.15, 0.2) is 0 Å². The number of rotatable bonds is 5. The molecule has 3 heterocycles. The van der Waals surface area contributed by atoms with Crippen LogP contribution in [0.4, 0.5) is 0 Å². The van der Waals surface area contributed by atoms with Gasteiger partial charge in [0.1, 0.15) is 5.69 Å². The standard InChI is InChI=1S/C23H22N4O2/c24-22(29)23(10-14-27(16-23)21(28)20-7-3-4-11-26-20)15-18-5-1-2-6-19(18)17-8-12-25-13-9-17/h1-9,11-13H,10,14-16H2,(H2,24,29)/t23-/m0/s1. The van der Waals surface area contributed by atoms with Crippen LogP contribution in [0.25, 0.3) is 11.1 Å². The van der Waals surface area contributed by atoms with Crippen molar-refractivity contribution >= 4 is 11.8 Å². The Morgan fingerprint density at radius 2 is 1.76 bits per heavy atom. The van der Waals surface area contributed by atoms with Crippen LogP contribution in [0.3, 0.4) is 0 Å². The largest absolute Gasteiger partial charge is 0.369 e. The van der Waals surface area contributed by atoms with E-state index < -0.39 is 5.41 Å². The number of primary amides is 1. The summed E-state index contributed by atoms with van der Waals surface area (Å²) < 4.78 is 0. The summed E-state index contributed by atoms with van der Waals surface area (Å²) >= 11 is 0. The van der Waals surface area contributed by atoms with Crippen molar-refractivity contribution in [3.63, 3.8) is 0 Å². The highest BCUT2D eigenvalue weighted by molar-refractivity contribution is 5.93. The van der Waals surface area contributed by atoms with Crippen LogP contribution in [0.1, 0.15) is 22.5 Å². The average molecular weight is 386 g/mol. The first-order valence-corrected chi connectivity index (χ1v) is 9.58.